The number of carbonyl (C=O) groups excluding carboxylic acids is 2. The molecule has 5 rings (SSSR count). The van der Waals surface area contributed by atoms with Crippen molar-refractivity contribution in [2.45, 2.75) is 57.1 Å². The van der Waals surface area contributed by atoms with E-state index in [2.05, 4.69) is 4.90 Å². The third-order valence-electron chi connectivity index (χ3n) is 6.75. The molecule has 2 aliphatic heterocycles. The molecule has 0 aromatic heterocycles. The number of amides is 2. The summed E-state index contributed by atoms with van der Waals surface area (Å²) in [5.41, 5.74) is 0.764. The van der Waals surface area contributed by atoms with E-state index < -0.39 is 0 Å². The fraction of sp³-hybridized carbons (Fsp3) is 0.636. The number of likely N-dealkylation sites (tertiary alicyclic amines) is 2. The Morgan fingerprint density at radius 2 is 1.67 bits per heavy atom. The van der Waals surface area contributed by atoms with Crippen molar-refractivity contribution in [2.24, 2.45) is 11.8 Å². The number of rotatable bonds is 4. The standard InChI is InChI=1S/C22H28N2O3/c25-21(16-2-3-16)23-11-9-20(10-12-23)27-19-7-4-17(5-8-19)22(26)24-14-15-1-6-18(24)13-15/h4-5,7-8,15-16,18,20H,1-3,6,9-14H2/t15-,18-/m0/s1. The van der Waals surface area contributed by atoms with Crippen LogP contribution in [-0.4, -0.2) is 53.4 Å². The first-order valence-electron chi connectivity index (χ1n) is 10.5. The highest BCUT2D eigenvalue weighted by Crippen LogP contribution is 2.38. The molecule has 4 fully saturated rings. The van der Waals surface area contributed by atoms with Crippen LogP contribution in [0.4, 0.5) is 0 Å². The van der Waals surface area contributed by atoms with Gasteiger partial charge in [0.05, 0.1) is 0 Å². The second-order valence-corrected chi connectivity index (χ2v) is 8.73. The fourth-order valence-corrected chi connectivity index (χ4v) is 4.99. The minimum atomic E-state index is 0.157. The first-order chi connectivity index (χ1) is 13.2. The van der Waals surface area contributed by atoms with Gasteiger partial charge in [0.1, 0.15) is 11.9 Å². The highest BCUT2D eigenvalue weighted by molar-refractivity contribution is 5.94. The third-order valence-corrected chi connectivity index (χ3v) is 6.75. The van der Waals surface area contributed by atoms with E-state index in [1.54, 1.807) is 0 Å². The molecule has 5 nitrogen and oxygen atoms in total. The maximum atomic E-state index is 12.7. The van der Waals surface area contributed by atoms with Gasteiger partial charge in [-0.2, -0.15) is 0 Å². The minimum absolute atomic E-state index is 0.157. The fourth-order valence-electron chi connectivity index (χ4n) is 4.99. The molecule has 2 atom stereocenters. The molecule has 0 spiro atoms. The molecule has 0 N–H and O–H groups in total. The summed E-state index contributed by atoms with van der Waals surface area (Å²) in [6.07, 6.45) is 7.70. The van der Waals surface area contributed by atoms with Gasteiger partial charge < -0.3 is 14.5 Å². The van der Waals surface area contributed by atoms with Crippen LogP contribution < -0.4 is 4.74 Å². The Hall–Kier alpha value is -2.04. The van der Waals surface area contributed by atoms with Crippen LogP contribution in [0.3, 0.4) is 0 Å². The maximum Gasteiger partial charge on any atom is 0.254 e. The minimum Gasteiger partial charge on any atom is -0.490 e. The molecule has 1 aromatic carbocycles. The zero-order valence-electron chi connectivity index (χ0n) is 15.8. The molecule has 1 aromatic rings. The Kier molecular flexibility index (Phi) is 4.33. The summed E-state index contributed by atoms with van der Waals surface area (Å²) in [5, 5.41) is 0. The van der Waals surface area contributed by atoms with Crippen molar-refractivity contribution < 1.29 is 14.3 Å². The number of ether oxygens (including phenoxy) is 1. The van der Waals surface area contributed by atoms with Crippen LogP contribution in [0.1, 0.15) is 55.3 Å². The Bertz CT molecular complexity index is 720. The van der Waals surface area contributed by atoms with Crippen LogP contribution in [-0.2, 0) is 4.79 Å². The van der Waals surface area contributed by atoms with Crippen molar-refractivity contribution in [3.63, 3.8) is 0 Å². The largest absolute Gasteiger partial charge is 0.490 e. The quantitative estimate of drug-likeness (QED) is 0.821. The van der Waals surface area contributed by atoms with E-state index in [0.717, 1.165) is 62.5 Å². The van der Waals surface area contributed by atoms with Gasteiger partial charge >= 0.3 is 0 Å². The van der Waals surface area contributed by atoms with Crippen molar-refractivity contribution in [1.82, 2.24) is 9.80 Å². The summed E-state index contributed by atoms with van der Waals surface area (Å²) in [7, 11) is 0. The van der Waals surface area contributed by atoms with Gasteiger partial charge in [0.2, 0.25) is 5.91 Å². The lowest BCUT2D eigenvalue weighted by atomic mass is 10.1. The lowest BCUT2D eigenvalue weighted by Gasteiger charge is -2.32. The molecule has 0 unspecified atom stereocenters. The normalized spacial score (nSPS) is 27.9. The number of piperidine rings is 2. The summed E-state index contributed by atoms with van der Waals surface area (Å²) in [6, 6.07) is 8.10. The number of benzene rings is 1. The molecule has 4 aliphatic rings. The number of nitrogens with zero attached hydrogens (tertiary/aromatic N) is 2. The Balaban J connectivity index is 1.14. The van der Waals surface area contributed by atoms with Gasteiger partial charge in [-0.3, -0.25) is 9.59 Å². The van der Waals surface area contributed by atoms with Crippen molar-refractivity contribution in [1.29, 1.82) is 0 Å². The molecule has 2 saturated carbocycles. The monoisotopic (exact) mass is 368 g/mol. The van der Waals surface area contributed by atoms with E-state index >= 15 is 0 Å². The predicted octanol–water partition coefficient (Wildman–Crippen LogP) is 3.09. The average molecular weight is 368 g/mol. The molecule has 27 heavy (non-hydrogen) atoms. The smallest absolute Gasteiger partial charge is 0.254 e. The third kappa shape index (κ3) is 3.44. The number of fused-ring (bicyclic) bond motifs is 2. The molecular formula is C22H28N2O3. The molecule has 2 heterocycles. The molecule has 2 saturated heterocycles. The molecule has 2 amide bonds. The van der Waals surface area contributed by atoms with Crippen LogP contribution in [0.5, 0.6) is 5.75 Å². The lowest BCUT2D eigenvalue weighted by molar-refractivity contribution is -0.134. The van der Waals surface area contributed by atoms with Gasteiger partial charge in [-0.15, -0.1) is 0 Å². The van der Waals surface area contributed by atoms with Crippen LogP contribution in [0.25, 0.3) is 0 Å². The summed E-state index contributed by atoms with van der Waals surface area (Å²) >= 11 is 0. The molecular weight excluding hydrogens is 340 g/mol. The Morgan fingerprint density at radius 3 is 2.26 bits per heavy atom. The van der Waals surface area contributed by atoms with E-state index in [-0.39, 0.29) is 12.0 Å². The van der Waals surface area contributed by atoms with E-state index in [1.807, 2.05) is 29.2 Å². The topological polar surface area (TPSA) is 49.9 Å². The van der Waals surface area contributed by atoms with E-state index in [0.29, 0.717) is 17.9 Å². The van der Waals surface area contributed by atoms with Gasteiger partial charge in [0.25, 0.3) is 5.91 Å². The highest BCUT2D eigenvalue weighted by Gasteiger charge is 2.40. The predicted molar refractivity (Wildman–Crippen MR) is 102 cm³/mol. The summed E-state index contributed by atoms with van der Waals surface area (Å²) in [5.74, 6) is 2.35. The molecule has 144 valence electrons. The SMILES string of the molecule is O=C(C1CC1)N1CCC(Oc2ccc(C(=O)N3C[C@H]4CC[C@H]3C4)cc2)CC1. The van der Waals surface area contributed by atoms with Crippen molar-refractivity contribution >= 4 is 11.8 Å². The van der Waals surface area contributed by atoms with Gasteiger partial charge in [-0.05, 0) is 62.3 Å². The second-order valence-electron chi connectivity index (χ2n) is 8.73. The lowest BCUT2D eigenvalue weighted by Crippen LogP contribution is -2.42. The van der Waals surface area contributed by atoms with Gasteiger partial charge in [0, 0.05) is 50.0 Å². The number of carbonyl (C=O) groups is 2. The van der Waals surface area contributed by atoms with Crippen molar-refractivity contribution in [2.75, 3.05) is 19.6 Å². The number of hydrogen-bond donors (Lipinski definition) is 0. The summed E-state index contributed by atoms with van der Waals surface area (Å²) in [4.78, 5) is 28.9. The van der Waals surface area contributed by atoms with E-state index in [4.69, 9.17) is 4.74 Å². The van der Waals surface area contributed by atoms with E-state index in [1.165, 1.54) is 19.3 Å². The zero-order chi connectivity index (χ0) is 18.4. The second kappa shape index (κ2) is 6.84. The highest BCUT2D eigenvalue weighted by atomic mass is 16.5. The Morgan fingerprint density at radius 1 is 0.926 bits per heavy atom. The average Bonchev–Trinajstić information content (AvgIpc) is 3.34. The van der Waals surface area contributed by atoms with Gasteiger partial charge in [-0.25, -0.2) is 0 Å². The van der Waals surface area contributed by atoms with Crippen LogP contribution in [0.15, 0.2) is 24.3 Å². The summed E-state index contributed by atoms with van der Waals surface area (Å²) < 4.78 is 6.11. The molecule has 5 heteroatoms. The van der Waals surface area contributed by atoms with Gasteiger partial charge in [0.15, 0.2) is 0 Å². The molecule has 0 radical (unpaired) electrons. The zero-order valence-corrected chi connectivity index (χ0v) is 15.8. The summed E-state index contributed by atoms with van der Waals surface area (Å²) in [6.45, 7) is 2.53. The molecule has 2 aliphatic carbocycles. The maximum absolute atomic E-state index is 12.7. The van der Waals surface area contributed by atoms with Crippen molar-refractivity contribution in [3.8, 4) is 5.75 Å². The van der Waals surface area contributed by atoms with E-state index in [9.17, 15) is 9.59 Å². The molecule has 2 bridgehead atoms. The Labute approximate surface area is 160 Å². The number of hydrogen-bond acceptors (Lipinski definition) is 3. The van der Waals surface area contributed by atoms with Gasteiger partial charge in [-0.1, -0.05) is 0 Å². The van der Waals surface area contributed by atoms with Crippen molar-refractivity contribution in [3.05, 3.63) is 29.8 Å². The van der Waals surface area contributed by atoms with Crippen LogP contribution >= 0.6 is 0 Å². The first-order valence-corrected chi connectivity index (χ1v) is 10.5. The van der Waals surface area contributed by atoms with Crippen LogP contribution in [0.2, 0.25) is 0 Å². The first kappa shape index (κ1) is 17.1. The van der Waals surface area contributed by atoms with Crippen LogP contribution in [0, 0.1) is 11.8 Å².